The van der Waals surface area contributed by atoms with E-state index in [-0.39, 0.29) is 17.9 Å². The normalized spacial score (nSPS) is 11.2. The first-order valence-electron chi connectivity index (χ1n) is 4.37. The Morgan fingerprint density at radius 2 is 2.25 bits per heavy atom. The highest BCUT2D eigenvalue weighted by molar-refractivity contribution is 6.36. The van der Waals surface area contributed by atoms with Gasteiger partial charge in [-0.05, 0) is 17.7 Å². The number of hydrogen-bond acceptors (Lipinski definition) is 5. The lowest BCUT2D eigenvalue weighted by Crippen LogP contribution is -2.15. The third-order valence-corrected chi connectivity index (χ3v) is 1.97. The van der Waals surface area contributed by atoms with Gasteiger partial charge in [-0.2, -0.15) is 0 Å². The summed E-state index contributed by atoms with van der Waals surface area (Å²) in [5.41, 5.74) is 0.0272. The van der Waals surface area contributed by atoms with Crippen molar-refractivity contribution in [2.24, 2.45) is 5.16 Å². The van der Waals surface area contributed by atoms with Crippen molar-refractivity contribution < 1.29 is 19.7 Å². The molecular formula is C10H10NO5-. The summed E-state index contributed by atoms with van der Waals surface area (Å²) >= 11 is 0. The smallest absolute Gasteiger partial charge is 0.349 e. The molecule has 0 aliphatic heterocycles. The van der Waals surface area contributed by atoms with Crippen LogP contribution >= 0.6 is 0 Å². The quantitative estimate of drug-likeness (QED) is 0.585. The molecule has 0 saturated carbocycles. The van der Waals surface area contributed by atoms with E-state index < -0.39 is 11.7 Å². The molecular weight excluding hydrogens is 214 g/mol. The summed E-state index contributed by atoms with van der Waals surface area (Å²) in [5, 5.41) is 30.6. The molecule has 0 fully saturated rings. The Kier molecular flexibility index (Phi) is 3.71. The van der Waals surface area contributed by atoms with Crippen LogP contribution in [-0.4, -0.2) is 29.0 Å². The minimum Gasteiger partial charge on any atom is -0.792 e. The van der Waals surface area contributed by atoms with Crippen molar-refractivity contribution in [3.8, 4) is 11.5 Å². The zero-order chi connectivity index (χ0) is 12.1. The molecule has 6 nitrogen and oxygen atoms in total. The molecule has 0 amide bonds. The Hall–Kier alpha value is -2.24. The Balaban J connectivity index is 2.94. The van der Waals surface area contributed by atoms with Crippen molar-refractivity contribution in [1.82, 2.24) is 0 Å². The highest BCUT2D eigenvalue weighted by Gasteiger charge is 2.10. The van der Waals surface area contributed by atoms with Gasteiger partial charge >= 0.3 is 5.97 Å². The third-order valence-electron chi connectivity index (χ3n) is 1.97. The van der Waals surface area contributed by atoms with Gasteiger partial charge in [-0.25, -0.2) is 4.79 Å². The average Bonchev–Trinajstić information content (AvgIpc) is 2.27. The number of benzene rings is 1. The van der Waals surface area contributed by atoms with Crippen LogP contribution in [0.2, 0.25) is 0 Å². The van der Waals surface area contributed by atoms with Crippen LogP contribution in [0.4, 0.5) is 0 Å². The molecule has 0 heterocycles. The van der Waals surface area contributed by atoms with E-state index in [4.69, 9.17) is 9.84 Å². The van der Waals surface area contributed by atoms with Crippen molar-refractivity contribution >= 4 is 11.7 Å². The number of phenols is 1. The first kappa shape index (κ1) is 11.8. The SMILES string of the molecule is COc1cc(C/C(=N/[O-])C(=O)O)ccc1O. The van der Waals surface area contributed by atoms with Gasteiger partial charge in [0.25, 0.3) is 0 Å². The summed E-state index contributed by atoms with van der Waals surface area (Å²) in [6.07, 6.45) is -0.116. The van der Waals surface area contributed by atoms with E-state index in [0.717, 1.165) is 0 Å². The number of nitrogens with zero attached hydrogens (tertiary/aromatic N) is 1. The second-order valence-electron chi connectivity index (χ2n) is 3.03. The molecule has 0 saturated heterocycles. The minimum absolute atomic E-state index is 0.0535. The predicted molar refractivity (Wildman–Crippen MR) is 56.8 cm³/mol. The van der Waals surface area contributed by atoms with Crippen LogP contribution in [0.3, 0.4) is 0 Å². The van der Waals surface area contributed by atoms with Crippen molar-refractivity contribution in [1.29, 1.82) is 0 Å². The maximum absolute atomic E-state index is 10.5. The van der Waals surface area contributed by atoms with E-state index in [2.05, 4.69) is 5.16 Å². The van der Waals surface area contributed by atoms with Crippen LogP contribution in [-0.2, 0) is 11.2 Å². The van der Waals surface area contributed by atoms with E-state index in [9.17, 15) is 15.1 Å². The Morgan fingerprint density at radius 1 is 1.56 bits per heavy atom. The third kappa shape index (κ3) is 2.63. The van der Waals surface area contributed by atoms with Crippen molar-refractivity contribution in [3.63, 3.8) is 0 Å². The van der Waals surface area contributed by atoms with Gasteiger partial charge in [0.05, 0.1) is 7.11 Å². The van der Waals surface area contributed by atoms with E-state index >= 15 is 0 Å². The van der Waals surface area contributed by atoms with Gasteiger partial charge in [0, 0.05) is 6.42 Å². The van der Waals surface area contributed by atoms with E-state index in [1.807, 2.05) is 0 Å². The molecule has 0 bridgehead atoms. The minimum atomic E-state index is -1.36. The van der Waals surface area contributed by atoms with Crippen LogP contribution < -0.4 is 4.74 Å². The number of rotatable bonds is 4. The number of carbonyl (C=O) groups is 1. The standard InChI is InChI=1S/C10H11NO5/c1-16-9-5-6(2-3-8(9)12)4-7(11-15)10(13)14/h2-3,5,12,15H,4H2,1H3,(H,13,14)/p-1/b11-7-. The molecule has 0 unspecified atom stereocenters. The van der Waals surface area contributed by atoms with Crippen molar-refractivity contribution in [2.45, 2.75) is 6.42 Å². The van der Waals surface area contributed by atoms with Crippen molar-refractivity contribution in [2.75, 3.05) is 7.11 Å². The highest BCUT2D eigenvalue weighted by atomic mass is 16.5. The van der Waals surface area contributed by atoms with Crippen LogP contribution in [0.1, 0.15) is 5.56 Å². The van der Waals surface area contributed by atoms with Gasteiger partial charge in [0.1, 0.15) is 5.71 Å². The molecule has 0 spiro atoms. The zero-order valence-electron chi connectivity index (χ0n) is 8.51. The molecule has 0 aromatic heterocycles. The molecule has 0 atom stereocenters. The van der Waals surface area contributed by atoms with E-state index in [1.54, 1.807) is 0 Å². The second kappa shape index (κ2) is 5.01. The Labute approximate surface area is 91.4 Å². The zero-order valence-corrected chi connectivity index (χ0v) is 8.51. The average molecular weight is 224 g/mol. The van der Waals surface area contributed by atoms with Gasteiger partial charge in [-0.1, -0.05) is 6.07 Å². The second-order valence-corrected chi connectivity index (χ2v) is 3.03. The maximum Gasteiger partial charge on any atom is 0.349 e. The summed E-state index contributed by atoms with van der Waals surface area (Å²) in [6, 6.07) is 4.30. The van der Waals surface area contributed by atoms with E-state index in [1.165, 1.54) is 25.3 Å². The summed E-state index contributed by atoms with van der Waals surface area (Å²) in [5.74, 6) is -1.20. The van der Waals surface area contributed by atoms with Gasteiger partial charge in [0.15, 0.2) is 11.5 Å². The number of methoxy groups -OCH3 is 1. The summed E-state index contributed by atoms with van der Waals surface area (Å²) in [4.78, 5) is 10.5. The van der Waals surface area contributed by atoms with E-state index in [0.29, 0.717) is 5.56 Å². The molecule has 0 aliphatic carbocycles. The number of phenolic OH excluding ortho intramolecular Hbond substituents is 1. The number of carboxylic acid groups (broad SMARTS) is 1. The van der Waals surface area contributed by atoms with Gasteiger partial charge in [0.2, 0.25) is 0 Å². The first-order valence-corrected chi connectivity index (χ1v) is 4.37. The molecule has 1 aromatic rings. The lowest BCUT2D eigenvalue weighted by molar-refractivity contribution is -0.129. The monoisotopic (exact) mass is 224 g/mol. The van der Waals surface area contributed by atoms with Crippen LogP contribution in [0.15, 0.2) is 23.4 Å². The molecule has 2 N–H and O–H groups in total. The topological polar surface area (TPSA) is 102 Å². The largest absolute Gasteiger partial charge is 0.792 e. The Bertz CT molecular complexity index is 427. The van der Waals surface area contributed by atoms with Crippen LogP contribution in [0, 0.1) is 5.21 Å². The highest BCUT2D eigenvalue weighted by Crippen LogP contribution is 2.26. The summed E-state index contributed by atoms with van der Waals surface area (Å²) < 4.78 is 4.85. The van der Waals surface area contributed by atoms with Crippen molar-refractivity contribution in [3.05, 3.63) is 29.0 Å². The van der Waals surface area contributed by atoms with Crippen LogP contribution in [0.25, 0.3) is 0 Å². The van der Waals surface area contributed by atoms with Gasteiger partial charge in [-0.15, -0.1) is 0 Å². The number of aliphatic carboxylic acids is 1. The molecule has 86 valence electrons. The fourth-order valence-corrected chi connectivity index (χ4v) is 1.17. The summed E-state index contributed by atoms with van der Waals surface area (Å²) in [6.45, 7) is 0. The molecule has 1 aromatic carbocycles. The fraction of sp³-hybridized carbons (Fsp3) is 0.200. The predicted octanol–water partition coefficient (Wildman–Crippen LogP) is 0.967. The first-order chi connectivity index (χ1) is 7.58. The Morgan fingerprint density at radius 3 is 2.75 bits per heavy atom. The lowest BCUT2D eigenvalue weighted by atomic mass is 10.1. The molecule has 16 heavy (non-hydrogen) atoms. The lowest BCUT2D eigenvalue weighted by Gasteiger charge is -2.07. The van der Waals surface area contributed by atoms with Gasteiger partial charge < -0.3 is 25.3 Å². The van der Waals surface area contributed by atoms with Gasteiger partial charge in [-0.3, -0.25) is 0 Å². The maximum atomic E-state index is 10.5. The number of hydrogen-bond donors (Lipinski definition) is 2. The molecule has 1 rings (SSSR count). The molecule has 6 heteroatoms. The number of ether oxygens (including phenoxy) is 1. The fourth-order valence-electron chi connectivity index (χ4n) is 1.17. The molecule has 0 radical (unpaired) electrons. The van der Waals surface area contributed by atoms with Crippen LogP contribution in [0.5, 0.6) is 11.5 Å². The number of aromatic hydroxyl groups is 1. The molecule has 0 aliphatic rings. The summed E-state index contributed by atoms with van der Waals surface area (Å²) in [7, 11) is 1.37. The number of carboxylic acids is 1.